The summed E-state index contributed by atoms with van der Waals surface area (Å²) in [6, 6.07) is 6.37. The van der Waals surface area contributed by atoms with Crippen LogP contribution in [0.1, 0.15) is 48.4 Å². The molecule has 4 rings (SSSR count). The maximum Gasteiger partial charge on any atom is 0.274 e. The van der Waals surface area contributed by atoms with Crippen LogP contribution >= 0.6 is 0 Å². The Morgan fingerprint density at radius 3 is 2.69 bits per heavy atom. The number of benzene rings is 1. The van der Waals surface area contributed by atoms with E-state index >= 15 is 0 Å². The summed E-state index contributed by atoms with van der Waals surface area (Å²) in [5, 5.41) is 4.65. The lowest BCUT2D eigenvalue weighted by Gasteiger charge is -2.42. The molecule has 1 unspecified atom stereocenters. The van der Waals surface area contributed by atoms with Crippen molar-refractivity contribution in [1.29, 1.82) is 0 Å². The third-order valence-electron chi connectivity index (χ3n) is 5.80. The van der Waals surface area contributed by atoms with Crippen LogP contribution in [0.25, 0.3) is 5.69 Å². The molecule has 0 radical (unpaired) electrons. The van der Waals surface area contributed by atoms with E-state index in [-0.39, 0.29) is 23.2 Å². The summed E-state index contributed by atoms with van der Waals surface area (Å²) in [6.45, 7) is 5.53. The zero-order valence-electron chi connectivity index (χ0n) is 15.3. The molecule has 1 aliphatic carbocycles. The van der Waals surface area contributed by atoms with Crippen molar-refractivity contribution in [2.75, 3.05) is 13.1 Å². The zero-order valence-corrected chi connectivity index (χ0v) is 15.3. The van der Waals surface area contributed by atoms with Gasteiger partial charge >= 0.3 is 0 Å². The molecule has 1 fully saturated rings. The van der Waals surface area contributed by atoms with Crippen LogP contribution in [0.4, 0.5) is 4.39 Å². The number of fused-ring (bicyclic) bond motifs is 1. The minimum atomic E-state index is -0.277. The quantitative estimate of drug-likeness (QED) is 0.900. The van der Waals surface area contributed by atoms with E-state index in [1.807, 2.05) is 9.58 Å². The predicted molar refractivity (Wildman–Crippen MR) is 97.8 cm³/mol. The molecule has 138 valence electrons. The van der Waals surface area contributed by atoms with Crippen molar-refractivity contribution in [3.63, 3.8) is 0 Å². The summed E-state index contributed by atoms with van der Waals surface area (Å²) in [7, 11) is 0. The summed E-state index contributed by atoms with van der Waals surface area (Å²) in [5.74, 6) is -0.287. The van der Waals surface area contributed by atoms with Gasteiger partial charge in [-0.25, -0.2) is 9.07 Å². The number of hydrogen-bond donors (Lipinski definition) is 1. The molecule has 1 aromatic heterocycles. The number of hydrogen-bond acceptors (Lipinski definition) is 3. The van der Waals surface area contributed by atoms with Gasteiger partial charge in [0.25, 0.3) is 5.91 Å². The first kappa shape index (κ1) is 17.2. The van der Waals surface area contributed by atoms with E-state index in [1.54, 1.807) is 12.1 Å². The number of rotatable bonds is 2. The second-order valence-corrected chi connectivity index (χ2v) is 8.13. The first-order valence-corrected chi connectivity index (χ1v) is 9.28. The summed E-state index contributed by atoms with van der Waals surface area (Å²) in [4.78, 5) is 15.1. The molecule has 1 saturated heterocycles. The van der Waals surface area contributed by atoms with Crippen molar-refractivity contribution in [1.82, 2.24) is 14.7 Å². The smallest absolute Gasteiger partial charge is 0.274 e. The van der Waals surface area contributed by atoms with Crippen LogP contribution < -0.4 is 5.73 Å². The van der Waals surface area contributed by atoms with E-state index in [1.165, 1.54) is 12.1 Å². The Morgan fingerprint density at radius 1 is 1.27 bits per heavy atom. The third kappa shape index (κ3) is 2.82. The monoisotopic (exact) mass is 356 g/mol. The molecule has 5 nitrogen and oxygen atoms in total. The van der Waals surface area contributed by atoms with Gasteiger partial charge in [-0.1, -0.05) is 13.8 Å². The Labute approximate surface area is 153 Å². The van der Waals surface area contributed by atoms with Crippen LogP contribution in [0.3, 0.4) is 0 Å². The molecule has 6 heteroatoms. The topological polar surface area (TPSA) is 64.2 Å². The fraction of sp³-hybridized carbons (Fsp3) is 0.500. The fourth-order valence-electron chi connectivity index (χ4n) is 4.10. The Kier molecular flexibility index (Phi) is 4.10. The number of nitrogens with zero attached hydrogens (tertiary/aromatic N) is 3. The van der Waals surface area contributed by atoms with Gasteiger partial charge < -0.3 is 10.6 Å². The molecular formula is C20H25FN4O. The number of likely N-dealkylation sites (tertiary alicyclic amines) is 1. The molecule has 26 heavy (non-hydrogen) atoms. The molecule has 0 spiro atoms. The van der Waals surface area contributed by atoms with Crippen molar-refractivity contribution in [3.8, 4) is 5.69 Å². The van der Waals surface area contributed by atoms with Gasteiger partial charge in [-0.05, 0) is 55.4 Å². The highest BCUT2D eigenvalue weighted by atomic mass is 19.1. The predicted octanol–water partition coefficient (Wildman–Crippen LogP) is 2.70. The number of carbonyl (C=O) groups excluding carboxylic acids is 1. The minimum Gasteiger partial charge on any atom is -0.337 e. The van der Waals surface area contributed by atoms with E-state index < -0.39 is 0 Å². The van der Waals surface area contributed by atoms with Gasteiger partial charge in [0.1, 0.15) is 5.82 Å². The largest absolute Gasteiger partial charge is 0.337 e. The lowest BCUT2D eigenvalue weighted by Crippen LogP contribution is -2.54. The average Bonchev–Trinajstić information content (AvgIpc) is 3.20. The molecule has 2 N–H and O–H groups in total. The Balaban J connectivity index is 1.68. The first-order valence-electron chi connectivity index (χ1n) is 9.28. The maximum atomic E-state index is 13.3. The molecule has 1 amide bonds. The normalized spacial score (nSPS) is 21.7. The van der Waals surface area contributed by atoms with Gasteiger partial charge in [0.05, 0.1) is 5.69 Å². The van der Waals surface area contributed by atoms with Gasteiger partial charge in [0.15, 0.2) is 5.69 Å². The molecule has 0 saturated carbocycles. The SMILES string of the molecule is CC1(C)CN(C(=O)c2nn(-c3ccc(F)cc3)c3c2CCC3)CCC1N. The van der Waals surface area contributed by atoms with Gasteiger partial charge in [-0.15, -0.1) is 0 Å². The summed E-state index contributed by atoms with van der Waals surface area (Å²) in [6.07, 6.45) is 3.59. The number of amides is 1. The Bertz CT molecular complexity index is 840. The molecule has 1 aliphatic heterocycles. The first-order chi connectivity index (χ1) is 12.4. The van der Waals surface area contributed by atoms with E-state index in [2.05, 4.69) is 18.9 Å². The molecule has 2 aliphatic rings. The van der Waals surface area contributed by atoms with Crippen LogP contribution in [0, 0.1) is 11.2 Å². The Hall–Kier alpha value is -2.21. The van der Waals surface area contributed by atoms with Gasteiger partial charge in [-0.2, -0.15) is 5.10 Å². The van der Waals surface area contributed by atoms with Crippen molar-refractivity contribution in [2.45, 2.75) is 45.6 Å². The van der Waals surface area contributed by atoms with E-state index in [4.69, 9.17) is 5.73 Å². The van der Waals surface area contributed by atoms with Gasteiger partial charge in [0, 0.05) is 30.4 Å². The summed E-state index contributed by atoms with van der Waals surface area (Å²) in [5.41, 5.74) is 9.58. The van der Waals surface area contributed by atoms with E-state index in [0.29, 0.717) is 18.8 Å². The lowest BCUT2D eigenvalue weighted by atomic mass is 9.79. The second-order valence-electron chi connectivity index (χ2n) is 8.13. The minimum absolute atomic E-state index is 0.0102. The van der Waals surface area contributed by atoms with Gasteiger partial charge in [0.2, 0.25) is 0 Å². The maximum absolute atomic E-state index is 13.3. The van der Waals surface area contributed by atoms with Crippen molar-refractivity contribution in [3.05, 3.63) is 47.0 Å². The molecule has 1 atom stereocenters. The average molecular weight is 356 g/mol. The zero-order chi connectivity index (χ0) is 18.5. The van der Waals surface area contributed by atoms with Crippen molar-refractivity contribution >= 4 is 5.91 Å². The third-order valence-corrected chi connectivity index (χ3v) is 5.80. The number of piperidine rings is 1. The Morgan fingerprint density at radius 2 is 2.00 bits per heavy atom. The standard InChI is InChI=1S/C20H25FN4O/c1-20(2)12-24(11-10-17(20)22)19(26)18-15-4-3-5-16(15)25(23-18)14-8-6-13(21)7-9-14/h6-9,17H,3-5,10-12,22H2,1-2H3. The molecular weight excluding hydrogens is 331 g/mol. The fourth-order valence-corrected chi connectivity index (χ4v) is 4.10. The van der Waals surface area contributed by atoms with Crippen LogP contribution in [-0.4, -0.2) is 39.7 Å². The van der Waals surface area contributed by atoms with Crippen molar-refractivity contribution in [2.24, 2.45) is 11.1 Å². The van der Waals surface area contributed by atoms with E-state index in [0.717, 1.165) is 42.6 Å². The second kappa shape index (κ2) is 6.20. The number of nitrogens with two attached hydrogens (primary N) is 1. The molecule has 2 aromatic rings. The van der Waals surface area contributed by atoms with Crippen LogP contribution in [0.2, 0.25) is 0 Å². The van der Waals surface area contributed by atoms with Crippen LogP contribution in [0.15, 0.2) is 24.3 Å². The summed E-state index contributed by atoms with van der Waals surface area (Å²) >= 11 is 0. The van der Waals surface area contributed by atoms with Crippen LogP contribution in [-0.2, 0) is 12.8 Å². The van der Waals surface area contributed by atoms with Crippen LogP contribution in [0.5, 0.6) is 0 Å². The highest BCUT2D eigenvalue weighted by molar-refractivity contribution is 5.94. The molecule has 2 heterocycles. The highest BCUT2D eigenvalue weighted by Crippen LogP contribution is 2.32. The summed E-state index contributed by atoms with van der Waals surface area (Å²) < 4.78 is 15.1. The lowest BCUT2D eigenvalue weighted by molar-refractivity contribution is 0.0526. The molecule has 0 bridgehead atoms. The van der Waals surface area contributed by atoms with Gasteiger partial charge in [-0.3, -0.25) is 4.79 Å². The highest BCUT2D eigenvalue weighted by Gasteiger charge is 2.37. The number of aromatic nitrogens is 2. The molecule has 1 aromatic carbocycles. The van der Waals surface area contributed by atoms with Crippen molar-refractivity contribution < 1.29 is 9.18 Å². The number of halogens is 1. The van der Waals surface area contributed by atoms with E-state index in [9.17, 15) is 9.18 Å². The number of carbonyl (C=O) groups is 1.